The van der Waals surface area contributed by atoms with Crippen molar-refractivity contribution in [1.29, 1.82) is 0 Å². The van der Waals surface area contributed by atoms with Gasteiger partial charge in [-0.2, -0.15) is 0 Å². The van der Waals surface area contributed by atoms with E-state index in [0.29, 0.717) is 23.7 Å². The molecular formula is C17H17BrClNO. The summed E-state index contributed by atoms with van der Waals surface area (Å²) in [5.74, 6) is 0.0261. The van der Waals surface area contributed by atoms with Gasteiger partial charge in [0.05, 0.1) is 0 Å². The minimum atomic E-state index is 0.0261. The second kappa shape index (κ2) is 7.10. The summed E-state index contributed by atoms with van der Waals surface area (Å²) in [6.07, 6.45) is 0. The van der Waals surface area contributed by atoms with E-state index in [-0.39, 0.29) is 5.91 Å². The maximum Gasteiger partial charge on any atom is 0.254 e. The van der Waals surface area contributed by atoms with E-state index < -0.39 is 0 Å². The summed E-state index contributed by atoms with van der Waals surface area (Å²) in [5, 5.41) is 0.689. The lowest BCUT2D eigenvalue weighted by atomic mass is 10.1. The number of amides is 1. The molecule has 0 radical (unpaired) electrons. The molecule has 2 aromatic carbocycles. The lowest BCUT2D eigenvalue weighted by Crippen LogP contribution is -2.30. The van der Waals surface area contributed by atoms with Crippen molar-refractivity contribution < 1.29 is 4.79 Å². The number of halogens is 2. The molecule has 2 aromatic rings. The zero-order chi connectivity index (χ0) is 15.4. The fourth-order valence-electron chi connectivity index (χ4n) is 2.09. The minimum Gasteiger partial charge on any atom is -0.335 e. The number of hydrogen-bond donors (Lipinski definition) is 0. The van der Waals surface area contributed by atoms with E-state index in [1.165, 1.54) is 0 Å². The van der Waals surface area contributed by atoms with Crippen LogP contribution in [0.15, 0.2) is 46.9 Å². The van der Waals surface area contributed by atoms with Gasteiger partial charge in [-0.25, -0.2) is 0 Å². The highest BCUT2D eigenvalue weighted by Crippen LogP contribution is 2.20. The summed E-state index contributed by atoms with van der Waals surface area (Å²) in [6.45, 7) is 5.19. The third kappa shape index (κ3) is 4.08. The van der Waals surface area contributed by atoms with Gasteiger partial charge in [-0.1, -0.05) is 45.7 Å². The molecule has 4 heteroatoms. The maximum atomic E-state index is 12.6. The van der Waals surface area contributed by atoms with Crippen LogP contribution < -0.4 is 0 Å². The van der Waals surface area contributed by atoms with Crippen LogP contribution in [0.25, 0.3) is 0 Å². The number of nitrogens with zero attached hydrogens (tertiary/aromatic N) is 1. The van der Waals surface area contributed by atoms with E-state index >= 15 is 0 Å². The molecule has 2 rings (SSSR count). The second-order valence-corrected chi connectivity index (χ2v) is 6.20. The number of carbonyl (C=O) groups excluding carboxylic acids is 1. The van der Waals surface area contributed by atoms with E-state index in [0.717, 1.165) is 15.6 Å². The van der Waals surface area contributed by atoms with E-state index in [9.17, 15) is 4.79 Å². The van der Waals surface area contributed by atoms with Gasteiger partial charge < -0.3 is 4.90 Å². The lowest BCUT2D eigenvalue weighted by molar-refractivity contribution is 0.0752. The molecule has 0 aliphatic heterocycles. The molecule has 21 heavy (non-hydrogen) atoms. The highest BCUT2D eigenvalue weighted by molar-refractivity contribution is 9.10. The largest absolute Gasteiger partial charge is 0.335 e. The molecule has 0 saturated heterocycles. The van der Waals surface area contributed by atoms with Crippen LogP contribution in [0.4, 0.5) is 0 Å². The molecule has 0 fully saturated rings. The number of benzene rings is 2. The predicted molar refractivity (Wildman–Crippen MR) is 90.7 cm³/mol. The molecular weight excluding hydrogens is 350 g/mol. The number of aryl methyl sites for hydroxylation is 1. The molecule has 0 saturated carbocycles. The van der Waals surface area contributed by atoms with E-state index in [1.54, 1.807) is 0 Å². The van der Waals surface area contributed by atoms with E-state index in [1.807, 2.05) is 61.2 Å². The normalized spacial score (nSPS) is 10.5. The third-order valence-corrected chi connectivity index (χ3v) is 4.44. The van der Waals surface area contributed by atoms with Crippen molar-refractivity contribution in [3.8, 4) is 0 Å². The topological polar surface area (TPSA) is 20.3 Å². The predicted octanol–water partition coefficient (Wildman–Crippen LogP) is 5.07. The van der Waals surface area contributed by atoms with Crippen LogP contribution in [0.5, 0.6) is 0 Å². The van der Waals surface area contributed by atoms with Crippen molar-refractivity contribution in [2.75, 3.05) is 6.54 Å². The van der Waals surface area contributed by atoms with Crippen molar-refractivity contribution in [2.45, 2.75) is 20.4 Å². The fraction of sp³-hybridized carbons (Fsp3) is 0.235. The Kier molecular flexibility index (Phi) is 5.43. The quantitative estimate of drug-likeness (QED) is 0.739. The van der Waals surface area contributed by atoms with Crippen molar-refractivity contribution >= 4 is 33.4 Å². The first-order valence-electron chi connectivity index (χ1n) is 6.81. The van der Waals surface area contributed by atoms with Gasteiger partial charge in [0.1, 0.15) is 0 Å². The molecule has 0 N–H and O–H groups in total. The van der Waals surface area contributed by atoms with Crippen molar-refractivity contribution in [1.82, 2.24) is 4.90 Å². The highest BCUT2D eigenvalue weighted by atomic mass is 79.9. The summed E-state index contributed by atoms with van der Waals surface area (Å²) < 4.78 is 0.951. The molecule has 110 valence electrons. The average molecular weight is 367 g/mol. The van der Waals surface area contributed by atoms with Crippen LogP contribution >= 0.6 is 27.5 Å². The standard InChI is InChI=1S/C17H17BrClNO/c1-3-20(11-13-5-4-6-15(19)9-13)17(21)14-8-7-12(2)16(18)10-14/h4-10H,3,11H2,1-2H3. The molecule has 0 bridgehead atoms. The Morgan fingerprint density at radius 3 is 2.62 bits per heavy atom. The summed E-state index contributed by atoms with van der Waals surface area (Å²) in [5.41, 5.74) is 2.84. The first-order valence-corrected chi connectivity index (χ1v) is 7.98. The monoisotopic (exact) mass is 365 g/mol. The van der Waals surface area contributed by atoms with Gasteiger partial charge in [-0.3, -0.25) is 4.79 Å². The van der Waals surface area contributed by atoms with E-state index in [2.05, 4.69) is 15.9 Å². The van der Waals surface area contributed by atoms with Crippen LogP contribution in [0.2, 0.25) is 5.02 Å². The smallest absolute Gasteiger partial charge is 0.254 e. The van der Waals surface area contributed by atoms with Gasteiger partial charge in [0.25, 0.3) is 5.91 Å². The lowest BCUT2D eigenvalue weighted by Gasteiger charge is -2.21. The van der Waals surface area contributed by atoms with Gasteiger partial charge in [0.15, 0.2) is 0 Å². The van der Waals surface area contributed by atoms with Gasteiger partial charge >= 0.3 is 0 Å². The highest BCUT2D eigenvalue weighted by Gasteiger charge is 2.15. The second-order valence-electron chi connectivity index (χ2n) is 4.91. The zero-order valence-electron chi connectivity index (χ0n) is 12.1. The Morgan fingerprint density at radius 2 is 2.00 bits per heavy atom. The van der Waals surface area contributed by atoms with Crippen LogP contribution in [0.1, 0.15) is 28.4 Å². The van der Waals surface area contributed by atoms with Crippen molar-refractivity contribution in [3.05, 3.63) is 68.7 Å². The van der Waals surface area contributed by atoms with Crippen LogP contribution in [-0.4, -0.2) is 17.4 Å². The summed E-state index contributed by atoms with van der Waals surface area (Å²) in [4.78, 5) is 14.4. The molecule has 0 atom stereocenters. The first-order chi connectivity index (χ1) is 10.0. The molecule has 0 aliphatic carbocycles. The fourth-order valence-corrected chi connectivity index (χ4v) is 2.68. The van der Waals surface area contributed by atoms with Gasteiger partial charge in [-0.05, 0) is 49.2 Å². The maximum absolute atomic E-state index is 12.6. The van der Waals surface area contributed by atoms with Gasteiger partial charge in [0, 0.05) is 28.1 Å². The molecule has 0 aliphatic rings. The summed E-state index contributed by atoms with van der Waals surface area (Å²) in [7, 11) is 0. The van der Waals surface area contributed by atoms with Crippen LogP contribution in [-0.2, 0) is 6.54 Å². The van der Waals surface area contributed by atoms with Crippen molar-refractivity contribution in [3.63, 3.8) is 0 Å². The molecule has 0 spiro atoms. The average Bonchev–Trinajstić information content (AvgIpc) is 2.47. The Bertz CT molecular complexity index is 657. The summed E-state index contributed by atoms with van der Waals surface area (Å²) in [6, 6.07) is 13.3. The Morgan fingerprint density at radius 1 is 1.24 bits per heavy atom. The van der Waals surface area contributed by atoms with Gasteiger partial charge in [0.2, 0.25) is 0 Å². The first kappa shape index (κ1) is 16.1. The Labute approximate surface area is 138 Å². The molecule has 0 heterocycles. The van der Waals surface area contributed by atoms with Crippen LogP contribution in [0, 0.1) is 6.92 Å². The third-order valence-electron chi connectivity index (χ3n) is 3.35. The SMILES string of the molecule is CCN(Cc1cccc(Cl)c1)C(=O)c1ccc(C)c(Br)c1. The molecule has 0 aromatic heterocycles. The Hall–Kier alpha value is -1.32. The number of hydrogen-bond acceptors (Lipinski definition) is 1. The number of rotatable bonds is 4. The molecule has 2 nitrogen and oxygen atoms in total. The van der Waals surface area contributed by atoms with Crippen molar-refractivity contribution in [2.24, 2.45) is 0 Å². The number of carbonyl (C=O) groups is 1. The molecule has 1 amide bonds. The molecule has 0 unspecified atom stereocenters. The minimum absolute atomic E-state index is 0.0261. The Balaban J connectivity index is 2.20. The van der Waals surface area contributed by atoms with E-state index in [4.69, 9.17) is 11.6 Å². The zero-order valence-corrected chi connectivity index (χ0v) is 14.4. The van der Waals surface area contributed by atoms with Gasteiger partial charge in [-0.15, -0.1) is 0 Å². The summed E-state index contributed by atoms with van der Waals surface area (Å²) >= 11 is 9.47. The van der Waals surface area contributed by atoms with Crippen LogP contribution in [0.3, 0.4) is 0 Å².